The lowest BCUT2D eigenvalue weighted by Crippen LogP contribution is -2.50. The van der Waals surface area contributed by atoms with Gasteiger partial charge in [-0.3, -0.25) is 9.69 Å². The maximum absolute atomic E-state index is 13.1. The highest BCUT2D eigenvalue weighted by Crippen LogP contribution is 2.29. The molecule has 1 aliphatic heterocycles. The molecule has 5 rings (SSSR count). The average molecular weight is 498 g/mol. The fourth-order valence-electron chi connectivity index (χ4n) is 4.75. The van der Waals surface area contributed by atoms with Crippen molar-refractivity contribution in [2.24, 2.45) is 0 Å². The lowest BCUT2D eigenvalue weighted by molar-refractivity contribution is -0.130. The van der Waals surface area contributed by atoms with E-state index in [1.807, 2.05) is 30.0 Å². The Morgan fingerprint density at radius 3 is 1.94 bits per heavy atom. The van der Waals surface area contributed by atoms with Crippen LogP contribution in [0.3, 0.4) is 0 Å². The highest BCUT2D eigenvalue weighted by molar-refractivity contribution is 7.99. The molecule has 1 aliphatic rings. The Kier molecular flexibility index (Phi) is 7.79. The summed E-state index contributed by atoms with van der Waals surface area (Å²) in [5, 5.41) is 9.37. The van der Waals surface area contributed by atoms with E-state index in [4.69, 9.17) is 0 Å². The zero-order valence-corrected chi connectivity index (χ0v) is 21.3. The van der Waals surface area contributed by atoms with Crippen molar-refractivity contribution in [2.45, 2.75) is 24.7 Å². The minimum atomic E-state index is 0.155. The monoisotopic (exact) mass is 497 g/mol. The SMILES string of the molecule is Cc1nnc(SCC(=O)N2CCN(C(c3ccccc3)c3ccccc3)CC2)n1Cc1ccccc1. The van der Waals surface area contributed by atoms with E-state index in [9.17, 15) is 4.79 Å². The first-order valence-electron chi connectivity index (χ1n) is 12.4. The summed E-state index contributed by atoms with van der Waals surface area (Å²) in [7, 11) is 0. The van der Waals surface area contributed by atoms with Crippen LogP contribution in [0.1, 0.15) is 28.6 Å². The number of benzene rings is 3. The van der Waals surface area contributed by atoms with E-state index < -0.39 is 0 Å². The summed E-state index contributed by atoms with van der Waals surface area (Å²) < 4.78 is 2.08. The van der Waals surface area contributed by atoms with Crippen LogP contribution in [0.4, 0.5) is 0 Å². The van der Waals surface area contributed by atoms with Crippen LogP contribution in [0.15, 0.2) is 96.2 Å². The topological polar surface area (TPSA) is 54.3 Å². The third-order valence-corrected chi connectivity index (χ3v) is 7.62. The quantitative estimate of drug-likeness (QED) is 0.332. The molecule has 1 aromatic heterocycles. The lowest BCUT2D eigenvalue weighted by atomic mass is 9.96. The van der Waals surface area contributed by atoms with Gasteiger partial charge in [0.2, 0.25) is 5.91 Å². The van der Waals surface area contributed by atoms with E-state index in [2.05, 4.69) is 92.5 Å². The Morgan fingerprint density at radius 2 is 1.36 bits per heavy atom. The Labute approximate surface area is 217 Å². The van der Waals surface area contributed by atoms with Crippen molar-refractivity contribution in [3.05, 3.63) is 114 Å². The number of piperazine rings is 1. The minimum Gasteiger partial charge on any atom is -0.339 e. The van der Waals surface area contributed by atoms with E-state index in [1.54, 1.807) is 0 Å². The fourth-order valence-corrected chi connectivity index (χ4v) is 5.63. The van der Waals surface area contributed by atoms with Crippen LogP contribution < -0.4 is 0 Å². The first-order chi connectivity index (χ1) is 17.7. The van der Waals surface area contributed by atoms with E-state index >= 15 is 0 Å². The largest absolute Gasteiger partial charge is 0.339 e. The van der Waals surface area contributed by atoms with E-state index in [0.717, 1.165) is 37.2 Å². The number of rotatable bonds is 8. The molecule has 0 atom stereocenters. The molecular formula is C29H31N5OS. The first kappa shape index (κ1) is 24.3. The average Bonchev–Trinajstić information content (AvgIpc) is 3.28. The molecule has 0 unspecified atom stereocenters. The van der Waals surface area contributed by atoms with Crippen LogP contribution in [0.5, 0.6) is 0 Å². The van der Waals surface area contributed by atoms with Crippen molar-refractivity contribution < 1.29 is 4.79 Å². The van der Waals surface area contributed by atoms with Crippen molar-refractivity contribution in [2.75, 3.05) is 31.9 Å². The summed E-state index contributed by atoms with van der Waals surface area (Å²) in [5.41, 5.74) is 3.76. The fraction of sp³-hybridized carbons (Fsp3) is 0.276. The van der Waals surface area contributed by atoms with Crippen molar-refractivity contribution >= 4 is 17.7 Å². The van der Waals surface area contributed by atoms with Gasteiger partial charge in [-0.25, -0.2) is 0 Å². The molecule has 1 saturated heterocycles. The van der Waals surface area contributed by atoms with Gasteiger partial charge in [-0.15, -0.1) is 10.2 Å². The van der Waals surface area contributed by atoms with Crippen LogP contribution in [0.25, 0.3) is 0 Å². The van der Waals surface area contributed by atoms with Gasteiger partial charge in [0.1, 0.15) is 5.82 Å². The van der Waals surface area contributed by atoms with Crippen LogP contribution in [-0.2, 0) is 11.3 Å². The number of carbonyl (C=O) groups is 1. The Hall–Kier alpha value is -3.42. The van der Waals surface area contributed by atoms with Gasteiger partial charge in [0.05, 0.1) is 18.3 Å². The number of hydrogen-bond donors (Lipinski definition) is 0. The van der Waals surface area contributed by atoms with E-state index in [1.165, 1.54) is 28.5 Å². The molecule has 4 aromatic rings. The van der Waals surface area contributed by atoms with Gasteiger partial charge in [0.15, 0.2) is 5.16 Å². The van der Waals surface area contributed by atoms with Crippen molar-refractivity contribution in [3.8, 4) is 0 Å². The summed E-state index contributed by atoms with van der Waals surface area (Å²) in [6.07, 6.45) is 0. The maximum Gasteiger partial charge on any atom is 0.233 e. The predicted molar refractivity (Wildman–Crippen MR) is 144 cm³/mol. The second-order valence-corrected chi connectivity index (χ2v) is 9.97. The summed E-state index contributed by atoms with van der Waals surface area (Å²) in [6, 6.07) is 31.7. The first-order valence-corrected chi connectivity index (χ1v) is 13.4. The molecule has 6 nitrogen and oxygen atoms in total. The summed E-state index contributed by atoms with van der Waals surface area (Å²) in [5.74, 6) is 1.38. The molecule has 184 valence electrons. The molecule has 1 amide bonds. The van der Waals surface area contributed by atoms with Gasteiger partial charge >= 0.3 is 0 Å². The molecule has 3 aromatic carbocycles. The Balaban J connectivity index is 1.20. The number of amides is 1. The van der Waals surface area contributed by atoms with Gasteiger partial charge in [-0.1, -0.05) is 103 Å². The molecule has 0 bridgehead atoms. The Morgan fingerprint density at radius 1 is 0.806 bits per heavy atom. The van der Waals surface area contributed by atoms with Gasteiger partial charge in [0.25, 0.3) is 0 Å². The molecule has 0 aliphatic carbocycles. The van der Waals surface area contributed by atoms with Crippen LogP contribution in [0.2, 0.25) is 0 Å². The number of aryl methyl sites for hydroxylation is 1. The highest BCUT2D eigenvalue weighted by atomic mass is 32.2. The van der Waals surface area contributed by atoms with E-state index in [-0.39, 0.29) is 11.9 Å². The maximum atomic E-state index is 13.1. The van der Waals surface area contributed by atoms with Crippen LogP contribution in [0, 0.1) is 6.92 Å². The summed E-state index contributed by atoms with van der Waals surface area (Å²) in [4.78, 5) is 17.6. The molecule has 0 N–H and O–H groups in total. The normalized spacial score (nSPS) is 14.3. The zero-order valence-electron chi connectivity index (χ0n) is 20.5. The third kappa shape index (κ3) is 5.69. The summed E-state index contributed by atoms with van der Waals surface area (Å²) in [6.45, 7) is 5.80. The highest BCUT2D eigenvalue weighted by Gasteiger charge is 2.28. The second kappa shape index (κ2) is 11.5. The van der Waals surface area contributed by atoms with Crippen LogP contribution >= 0.6 is 11.8 Å². The van der Waals surface area contributed by atoms with E-state index in [0.29, 0.717) is 12.3 Å². The molecule has 36 heavy (non-hydrogen) atoms. The number of hydrogen-bond acceptors (Lipinski definition) is 5. The molecule has 0 saturated carbocycles. The number of carbonyl (C=O) groups excluding carboxylic acids is 1. The molecule has 0 radical (unpaired) electrons. The lowest BCUT2D eigenvalue weighted by Gasteiger charge is -2.39. The van der Waals surface area contributed by atoms with Crippen molar-refractivity contribution in [3.63, 3.8) is 0 Å². The molecule has 7 heteroatoms. The smallest absolute Gasteiger partial charge is 0.233 e. The summed E-state index contributed by atoms with van der Waals surface area (Å²) >= 11 is 1.47. The number of aromatic nitrogens is 3. The van der Waals surface area contributed by atoms with Crippen molar-refractivity contribution in [1.29, 1.82) is 0 Å². The number of nitrogens with zero attached hydrogens (tertiary/aromatic N) is 5. The molecular weight excluding hydrogens is 466 g/mol. The minimum absolute atomic E-state index is 0.155. The van der Waals surface area contributed by atoms with Gasteiger partial charge in [-0.05, 0) is 23.6 Å². The molecule has 0 spiro atoms. The van der Waals surface area contributed by atoms with Crippen molar-refractivity contribution in [1.82, 2.24) is 24.6 Å². The standard InChI is InChI=1S/C29H31N5OS/c1-23-30-31-29(34(23)21-24-11-5-2-6-12-24)36-22-27(35)32-17-19-33(20-18-32)28(25-13-7-3-8-14-25)26-15-9-4-10-16-26/h2-16,28H,17-22H2,1H3. The third-order valence-electron chi connectivity index (χ3n) is 6.67. The predicted octanol–water partition coefficient (Wildman–Crippen LogP) is 4.66. The zero-order chi connectivity index (χ0) is 24.7. The second-order valence-electron chi connectivity index (χ2n) is 9.03. The number of thioether (sulfide) groups is 1. The molecule has 1 fully saturated rings. The van der Waals surface area contributed by atoms with Crippen LogP contribution in [-0.4, -0.2) is 62.4 Å². The van der Waals surface area contributed by atoms with Gasteiger partial charge < -0.3 is 9.47 Å². The van der Waals surface area contributed by atoms with Gasteiger partial charge in [0, 0.05) is 26.2 Å². The Bertz CT molecular complexity index is 1220. The van der Waals surface area contributed by atoms with Gasteiger partial charge in [-0.2, -0.15) is 0 Å². The molecule has 2 heterocycles.